The minimum absolute atomic E-state index is 0.103. The van der Waals surface area contributed by atoms with Crippen LogP contribution in [-0.2, 0) is 10.0 Å². The minimum atomic E-state index is -3.51. The second kappa shape index (κ2) is 6.06. The summed E-state index contributed by atoms with van der Waals surface area (Å²) in [6.07, 6.45) is 4.04. The van der Waals surface area contributed by atoms with Crippen molar-refractivity contribution in [2.75, 3.05) is 6.54 Å². The molecule has 0 bridgehead atoms. The Morgan fingerprint density at radius 3 is 2.50 bits per heavy atom. The molecule has 1 saturated carbocycles. The van der Waals surface area contributed by atoms with Crippen LogP contribution in [0.2, 0.25) is 0 Å². The zero-order chi connectivity index (χ0) is 14.8. The number of carbonyl (C=O) groups excluding carboxylic acids is 1. The molecule has 5 heteroatoms. The summed E-state index contributed by atoms with van der Waals surface area (Å²) in [6, 6.07) is 6.43. The molecule has 0 amide bonds. The van der Waals surface area contributed by atoms with Gasteiger partial charge >= 0.3 is 0 Å². The van der Waals surface area contributed by atoms with E-state index in [1.54, 1.807) is 22.5 Å². The Kier molecular flexibility index (Phi) is 4.60. The van der Waals surface area contributed by atoms with Crippen LogP contribution in [0.1, 0.15) is 49.9 Å². The fourth-order valence-corrected chi connectivity index (χ4v) is 4.57. The van der Waals surface area contributed by atoms with E-state index in [1.165, 1.54) is 13.0 Å². The van der Waals surface area contributed by atoms with Gasteiger partial charge in [0.05, 0.1) is 4.90 Å². The molecule has 110 valence electrons. The maximum atomic E-state index is 12.7. The number of benzene rings is 1. The summed E-state index contributed by atoms with van der Waals surface area (Å²) in [5.41, 5.74) is 0.438. The molecule has 1 fully saturated rings. The number of ketones is 1. The average molecular weight is 295 g/mol. The van der Waals surface area contributed by atoms with Crippen LogP contribution in [-0.4, -0.2) is 31.1 Å². The smallest absolute Gasteiger partial charge is 0.243 e. The molecule has 1 aliphatic rings. The molecule has 0 N–H and O–H groups in total. The van der Waals surface area contributed by atoms with Gasteiger partial charge in [0, 0.05) is 18.2 Å². The van der Waals surface area contributed by atoms with Gasteiger partial charge in [-0.3, -0.25) is 4.79 Å². The predicted octanol–water partition coefficient (Wildman–Crippen LogP) is 2.84. The molecule has 4 nitrogen and oxygen atoms in total. The quantitative estimate of drug-likeness (QED) is 0.785. The van der Waals surface area contributed by atoms with E-state index in [-0.39, 0.29) is 16.7 Å². The summed E-state index contributed by atoms with van der Waals surface area (Å²) in [5.74, 6) is -0.119. The third kappa shape index (κ3) is 2.94. The van der Waals surface area contributed by atoms with Crippen molar-refractivity contribution in [3.8, 4) is 0 Å². The van der Waals surface area contributed by atoms with Crippen molar-refractivity contribution in [2.24, 2.45) is 0 Å². The molecule has 0 saturated heterocycles. The van der Waals surface area contributed by atoms with Gasteiger partial charge in [-0.2, -0.15) is 4.31 Å². The predicted molar refractivity (Wildman–Crippen MR) is 78.3 cm³/mol. The van der Waals surface area contributed by atoms with E-state index in [2.05, 4.69) is 0 Å². The lowest BCUT2D eigenvalue weighted by atomic mass is 10.2. The molecule has 1 aromatic rings. The first-order valence-electron chi connectivity index (χ1n) is 7.09. The van der Waals surface area contributed by atoms with E-state index in [4.69, 9.17) is 0 Å². The number of hydrogen-bond acceptors (Lipinski definition) is 3. The number of Topliss-reactive ketones (excluding diaryl/α,β-unsaturated/α-hetero) is 1. The molecule has 1 aromatic carbocycles. The Bertz CT molecular complexity index is 589. The van der Waals surface area contributed by atoms with Crippen molar-refractivity contribution in [3.63, 3.8) is 0 Å². The lowest BCUT2D eigenvalue weighted by Crippen LogP contribution is -2.38. The molecular formula is C15H21NO3S. The van der Waals surface area contributed by atoms with Crippen molar-refractivity contribution >= 4 is 15.8 Å². The molecule has 0 aliphatic heterocycles. The van der Waals surface area contributed by atoms with Crippen LogP contribution in [0.25, 0.3) is 0 Å². The SMILES string of the molecule is CCN(C1CCCC1)S(=O)(=O)c1cccc(C(C)=O)c1. The van der Waals surface area contributed by atoms with Crippen LogP contribution in [0.4, 0.5) is 0 Å². The topological polar surface area (TPSA) is 54.5 Å². The molecule has 2 rings (SSSR count). The van der Waals surface area contributed by atoms with Crippen LogP contribution >= 0.6 is 0 Å². The van der Waals surface area contributed by atoms with Crippen molar-refractivity contribution in [1.29, 1.82) is 0 Å². The molecule has 0 radical (unpaired) electrons. The number of rotatable bonds is 5. The van der Waals surface area contributed by atoms with Gasteiger partial charge in [-0.25, -0.2) is 8.42 Å². The fraction of sp³-hybridized carbons (Fsp3) is 0.533. The van der Waals surface area contributed by atoms with Gasteiger partial charge < -0.3 is 0 Å². The highest BCUT2D eigenvalue weighted by molar-refractivity contribution is 7.89. The second-order valence-electron chi connectivity index (χ2n) is 5.23. The van der Waals surface area contributed by atoms with Gasteiger partial charge in [0.25, 0.3) is 0 Å². The summed E-state index contributed by atoms with van der Waals surface area (Å²) >= 11 is 0. The van der Waals surface area contributed by atoms with Crippen LogP contribution in [0, 0.1) is 0 Å². The number of hydrogen-bond donors (Lipinski definition) is 0. The van der Waals surface area contributed by atoms with Crippen LogP contribution < -0.4 is 0 Å². The Morgan fingerprint density at radius 2 is 1.95 bits per heavy atom. The molecule has 1 aliphatic carbocycles. The van der Waals surface area contributed by atoms with Crippen molar-refractivity contribution < 1.29 is 13.2 Å². The monoisotopic (exact) mass is 295 g/mol. The average Bonchev–Trinajstić information content (AvgIpc) is 2.93. The van der Waals surface area contributed by atoms with Crippen molar-refractivity contribution in [1.82, 2.24) is 4.31 Å². The minimum Gasteiger partial charge on any atom is -0.295 e. The maximum Gasteiger partial charge on any atom is 0.243 e. The summed E-state index contributed by atoms with van der Waals surface area (Å²) in [4.78, 5) is 11.6. The number of sulfonamides is 1. The van der Waals surface area contributed by atoms with Gasteiger partial charge in [0.15, 0.2) is 5.78 Å². The molecular weight excluding hydrogens is 274 g/mol. The first-order chi connectivity index (χ1) is 9.46. The Hall–Kier alpha value is -1.20. The standard InChI is InChI=1S/C15H21NO3S/c1-3-16(14-8-4-5-9-14)20(18,19)15-10-6-7-13(11-15)12(2)17/h6-7,10-11,14H,3-5,8-9H2,1-2H3. The van der Waals surface area contributed by atoms with Crippen LogP contribution in [0.5, 0.6) is 0 Å². The van der Waals surface area contributed by atoms with Gasteiger partial charge in [-0.05, 0) is 31.9 Å². The van der Waals surface area contributed by atoms with Crippen molar-refractivity contribution in [3.05, 3.63) is 29.8 Å². The van der Waals surface area contributed by atoms with Crippen LogP contribution in [0.15, 0.2) is 29.2 Å². The van der Waals surface area contributed by atoms with Gasteiger partial charge in [0.2, 0.25) is 10.0 Å². The molecule has 0 heterocycles. The van der Waals surface area contributed by atoms with E-state index < -0.39 is 10.0 Å². The maximum absolute atomic E-state index is 12.7. The lowest BCUT2D eigenvalue weighted by molar-refractivity contribution is 0.101. The lowest BCUT2D eigenvalue weighted by Gasteiger charge is -2.26. The summed E-state index contributed by atoms with van der Waals surface area (Å²) in [6.45, 7) is 3.78. The normalized spacial score (nSPS) is 16.8. The van der Waals surface area contributed by atoms with Crippen molar-refractivity contribution in [2.45, 2.75) is 50.5 Å². The van der Waals surface area contributed by atoms with Gasteiger partial charge in [-0.1, -0.05) is 31.9 Å². The number of nitrogens with zero attached hydrogens (tertiary/aromatic N) is 1. The Labute approximate surface area is 120 Å². The highest BCUT2D eigenvalue weighted by Gasteiger charge is 2.32. The molecule has 0 unspecified atom stereocenters. The first-order valence-corrected chi connectivity index (χ1v) is 8.53. The summed E-state index contributed by atoms with van der Waals surface area (Å²) in [5, 5.41) is 0. The number of carbonyl (C=O) groups is 1. The molecule has 0 atom stereocenters. The third-order valence-corrected chi connectivity index (χ3v) is 5.91. The zero-order valence-corrected chi connectivity index (χ0v) is 12.8. The third-order valence-electron chi connectivity index (χ3n) is 3.89. The highest BCUT2D eigenvalue weighted by Crippen LogP contribution is 2.28. The van der Waals surface area contributed by atoms with E-state index in [9.17, 15) is 13.2 Å². The largest absolute Gasteiger partial charge is 0.295 e. The zero-order valence-electron chi connectivity index (χ0n) is 12.0. The molecule has 0 spiro atoms. The fourth-order valence-electron chi connectivity index (χ4n) is 2.83. The first kappa shape index (κ1) is 15.2. The second-order valence-corrected chi connectivity index (χ2v) is 7.12. The Balaban J connectivity index is 2.37. The van der Waals surface area contributed by atoms with Gasteiger partial charge in [0.1, 0.15) is 0 Å². The van der Waals surface area contributed by atoms with E-state index in [1.807, 2.05) is 6.92 Å². The highest BCUT2D eigenvalue weighted by atomic mass is 32.2. The van der Waals surface area contributed by atoms with E-state index >= 15 is 0 Å². The van der Waals surface area contributed by atoms with E-state index in [0.29, 0.717) is 12.1 Å². The molecule has 20 heavy (non-hydrogen) atoms. The summed E-state index contributed by atoms with van der Waals surface area (Å²) in [7, 11) is -3.51. The van der Waals surface area contributed by atoms with Crippen LogP contribution in [0.3, 0.4) is 0 Å². The Morgan fingerprint density at radius 1 is 1.30 bits per heavy atom. The van der Waals surface area contributed by atoms with Gasteiger partial charge in [-0.15, -0.1) is 0 Å². The van der Waals surface area contributed by atoms with E-state index in [0.717, 1.165) is 25.7 Å². The summed E-state index contributed by atoms with van der Waals surface area (Å²) < 4.78 is 27.1. The molecule has 0 aromatic heterocycles.